The van der Waals surface area contributed by atoms with Crippen LogP contribution in [0.15, 0.2) is 60.7 Å². The fourth-order valence-electron chi connectivity index (χ4n) is 4.84. The van der Waals surface area contributed by atoms with E-state index in [0.29, 0.717) is 66.5 Å². The summed E-state index contributed by atoms with van der Waals surface area (Å²) in [5.41, 5.74) is 1.93. The molecule has 0 spiro atoms. The van der Waals surface area contributed by atoms with Gasteiger partial charge in [0.2, 0.25) is 0 Å². The van der Waals surface area contributed by atoms with Crippen LogP contribution in [0, 0.1) is 0 Å². The number of rotatable bonds is 5. The third-order valence-electron chi connectivity index (χ3n) is 6.58. The molecular weight excluding hydrogens is 476 g/mol. The lowest BCUT2D eigenvalue weighted by molar-refractivity contribution is -0.128. The maximum atomic E-state index is 13.0. The molecule has 4 aromatic carbocycles. The molecule has 2 heterocycles. The average Bonchev–Trinajstić information content (AvgIpc) is 3.44. The molecule has 2 aliphatic rings. The Kier molecular flexibility index (Phi) is 5.05. The number of ether oxygens (including phenoxy) is 5. The second kappa shape index (κ2) is 8.30. The zero-order chi connectivity index (χ0) is 25.8. The summed E-state index contributed by atoms with van der Waals surface area (Å²) in [5.74, 6) is 1.02. The highest BCUT2D eigenvalue weighted by molar-refractivity contribution is 6.23. The molecule has 2 aliphatic heterocycles. The first-order chi connectivity index (χ1) is 17.9. The number of phenols is 1. The van der Waals surface area contributed by atoms with Gasteiger partial charge in [-0.25, -0.2) is 9.59 Å². The molecule has 0 atom stereocenters. The van der Waals surface area contributed by atoms with Crippen LogP contribution < -0.4 is 34.1 Å². The number of methoxy groups -OCH3 is 3. The smallest absolute Gasteiger partial charge is 0.344 e. The van der Waals surface area contributed by atoms with Crippen LogP contribution in [0.4, 0.5) is 0 Å². The molecule has 0 fully saturated rings. The summed E-state index contributed by atoms with van der Waals surface area (Å²) < 4.78 is 27.3. The van der Waals surface area contributed by atoms with Crippen LogP contribution in [-0.4, -0.2) is 38.4 Å². The molecule has 0 unspecified atom stereocenters. The van der Waals surface area contributed by atoms with Crippen LogP contribution in [0.5, 0.6) is 34.5 Å². The first-order valence-electron chi connectivity index (χ1n) is 11.3. The number of fused-ring (bicyclic) bond motifs is 5. The van der Waals surface area contributed by atoms with E-state index in [1.807, 2.05) is 6.07 Å². The minimum atomic E-state index is -0.523. The predicted molar refractivity (Wildman–Crippen MR) is 134 cm³/mol. The van der Waals surface area contributed by atoms with Gasteiger partial charge in [0.05, 0.1) is 32.5 Å². The molecule has 0 radical (unpaired) electrons. The summed E-state index contributed by atoms with van der Waals surface area (Å²) in [4.78, 5) is 25.9. The standard InChI is InChI=1S/C29H20O8/c1-33-21-11-5-15(13-23(21)35-3)25-19-9-7-16-17(27(19)37-29(25)32)6-8-18-24(28(31)36-26(16)18)14-4-10-20(30)22(12-14)34-2/h4-13,30H,1-3H3. The van der Waals surface area contributed by atoms with Gasteiger partial charge in [-0.05, 0) is 59.7 Å². The van der Waals surface area contributed by atoms with Crippen LogP contribution in [0.3, 0.4) is 0 Å². The number of aromatic hydroxyl groups is 1. The van der Waals surface area contributed by atoms with Crippen molar-refractivity contribution < 1.29 is 38.4 Å². The van der Waals surface area contributed by atoms with E-state index in [-0.39, 0.29) is 11.5 Å². The summed E-state index contributed by atoms with van der Waals surface area (Å²) in [6.07, 6.45) is 0. The Balaban J connectivity index is 1.57. The minimum absolute atomic E-state index is 0.0316. The van der Waals surface area contributed by atoms with E-state index in [4.69, 9.17) is 23.7 Å². The van der Waals surface area contributed by atoms with Crippen molar-refractivity contribution in [3.05, 3.63) is 82.2 Å². The second-order valence-electron chi connectivity index (χ2n) is 8.47. The quantitative estimate of drug-likeness (QED) is 0.333. The number of hydrogen-bond acceptors (Lipinski definition) is 8. The van der Waals surface area contributed by atoms with Crippen molar-refractivity contribution in [2.45, 2.75) is 0 Å². The van der Waals surface area contributed by atoms with Crippen LogP contribution >= 0.6 is 0 Å². The Morgan fingerprint density at radius 3 is 1.59 bits per heavy atom. The predicted octanol–water partition coefficient (Wildman–Crippen LogP) is 2.81. The average molecular weight is 496 g/mol. The van der Waals surface area contributed by atoms with E-state index in [1.54, 1.807) is 55.6 Å². The fraction of sp³-hybridized carbons (Fsp3) is 0.103. The van der Waals surface area contributed by atoms with Crippen LogP contribution in [-0.2, 0) is 9.59 Å². The molecule has 1 N–H and O–H groups in total. The fourth-order valence-corrected chi connectivity index (χ4v) is 4.84. The van der Waals surface area contributed by atoms with Gasteiger partial charge in [0.25, 0.3) is 0 Å². The molecule has 0 bridgehead atoms. The summed E-state index contributed by atoms with van der Waals surface area (Å²) in [5, 5.41) is 12.4. The van der Waals surface area contributed by atoms with Gasteiger partial charge in [0.1, 0.15) is 11.5 Å². The van der Waals surface area contributed by atoms with E-state index in [0.717, 1.165) is 0 Å². The Morgan fingerprint density at radius 1 is 0.595 bits per heavy atom. The molecular formula is C29H20O8. The molecule has 0 saturated heterocycles. The van der Waals surface area contributed by atoms with Gasteiger partial charge in [0, 0.05) is 21.2 Å². The van der Waals surface area contributed by atoms with Gasteiger partial charge < -0.3 is 28.8 Å². The largest absolute Gasteiger partial charge is 0.504 e. The van der Waals surface area contributed by atoms with Gasteiger partial charge in [-0.15, -0.1) is 0 Å². The van der Waals surface area contributed by atoms with Gasteiger partial charge in [0.15, 0.2) is 23.0 Å². The maximum Gasteiger partial charge on any atom is 0.344 e. The maximum absolute atomic E-state index is 13.0. The van der Waals surface area contributed by atoms with Crippen molar-refractivity contribution in [1.82, 2.24) is 0 Å². The number of hydrogen-bond donors (Lipinski definition) is 1. The van der Waals surface area contributed by atoms with Gasteiger partial charge in [-0.2, -0.15) is 0 Å². The topological polar surface area (TPSA) is 101 Å². The van der Waals surface area contributed by atoms with Gasteiger partial charge in [-0.3, -0.25) is 0 Å². The van der Waals surface area contributed by atoms with Crippen LogP contribution in [0.25, 0.3) is 21.9 Å². The summed E-state index contributed by atoms with van der Waals surface area (Å²) in [7, 11) is 4.51. The van der Waals surface area contributed by atoms with E-state index in [2.05, 4.69) is 0 Å². The first-order valence-corrected chi connectivity index (χ1v) is 11.3. The van der Waals surface area contributed by atoms with E-state index >= 15 is 0 Å². The summed E-state index contributed by atoms with van der Waals surface area (Å²) in [6.45, 7) is 0. The number of phenolic OH excluding ortho intramolecular Hbond substituents is 1. The Hall–Kier alpha value is -4.98. The number of benzene rings is 4. The monoisotopic (exact) mass is 496 g/mol. The van der Waals surface area contributed by atoms with E-state index in [9.17, 15) is 14.7 Å². The van der Waals surface area contributed by atoms with E-state index in [1.165, 1.54) is 20.3 Å². The molecule has 4 aromatic rings. The lowest BCUT2D eigenvalue weighted by Gasteiger charge is -2.09. The highest BCUT2D eigenvalue weighted by Crippen LogP contribution is 2.37. The highest BCUT2D eigenvalue weighted by atomic mass is 16.5. The zero-order valence-corrected chi connectivity index (χ0v) is 20.1. The molecule has 0 aromatic heterocycles. The van der Waals surface area contributed by atoms with Gasteiger partial charge >= 0.3 is 11.9 Å². The first kappa shape index (κ1) is 22.5. The SMILES string of the molecule is COc1cc(C2=c3ccc4c5c(ccc4c3OC2=O)=C(c2ccc(OC)c(OC)c2)C(=O)O5)ccc1O. The number of carbonyl (C=O) groups excluding carboxylic acids is 2. The number of esters is 2. The van der Waals surface area contributed by atoms with Crippen molar-refractivity contribution in [3.8, 4) is 34.5 Å². The zero-order valence-electron chi connectivity index (χ0n) is 20.1. The Morgan fingerprint density at radius 2 is 1.08 bits per heavy atom. The van der Waals surface area contributed by atoms with Crippen molar-refractivity contribution in [2.24, 2.45) is 0 Å². The molecule has 0 amide bonds. The van der Waals surface area contributed by atoms with Crippen LogP contribution in [0.1, 0.15) is 11.1 Å². The Bertz CT molecular complexity index is 1780. The normalized spacial score (nSPS) is 13.8. The van der Waals surface area contributed by atoms with Crippen molar-refractivity contribution in [3.63, 3.8) is 0 Å². The van der Waals surface area contributed by atoms with Crippen molar-refractivity contribution in [2.75, 3.05) is 21.3 Å². The van der Waals surface area contributed by atoms with Gasteiger partial charge in [-0.1, -0.05) is 12.1 Å². The molecule has 0 aliphatic carbocycles. The summed E-state index contributed by atoms with van der Waals surface area (Å²) >= 11 is 0. The van der Waals surface area contributed by atoms with Crippen molar-refractivity contribution in [1.29, 1.82) is 0 Å². The third kappa shape index (κ3) is 3.30. The molecule has 0 saturated carbocycles. The lowest BCUT2D eigenvalue weighted by atomic mass is 9.99. The molecule has 184 valence electrons. The van der Waals surface area contributed by atoms with Crippen molar-refractivity contribution >= 4 is 33.9 Å². The molecule has 6 rings (SSSR count). The molecule has 8 heteroatoms. The number of carbonyl (C=O) groups is 2. The third-order valence-corrected chi connectivity index (χ3v) is 6.58. The lowest BCUT2D eigenvalue weighted by Crippen LogP contribution is -2.08. The molecule has 37 heavy (non-hydrogen) atoms. The highest BCUT2D eigenvalue weighted by Gasteiger charge is 2.31. The minimum Gasteiger partial charge on any atom is -0.504 e. The summed E-state index contributed by atoms with van der Waals surface area (Å²) in [6, 6.07) is 17.1. The second-order valence-corrected chi connectivity index (χ2v) is 8.47. The Labute approximate surface area is 210 Å². The molecule has 8 nitrogen and oxygen atoms in total. The van der Waals surface area contributed by atoms with E-state index < -0.39 is 11.9 Å². The van der Waals surface area contributed by atoms with Crippen LogP contribution in [0.2, 0.25) is 0 Å².